The number of halogens is 3. The van der Waals surface area contributed by atoms with Crippen LogP contribution in [0.15, 0.2) is 30.3 Å². The summed E-state index contributed by atoms with van der Waals surface area (Å²) in [5.74, 6) is -0.563. The van der Waals surface area contributed by atoms with Crippen LogP contribution in [0.4, 0.5) is 13.2 Å². The summed E-state index contributed by atoms with van der Waals surface area (Å²) in [6.07, 6.45) is -1.65. The highest BCUT2D eigenvalue weighted by atomic mass is 19.4. The summed E-state index contributed by atoms with van der Waals surface area (Å²) < 4.78 is 46.8. The second-order valence-corrected chi connectivity index (χ2v) is 5.62. The molecule has 0 amide bonds. The third-order valence-corrected chi connectivity index (χ3v) is 4.17. The van der Waals surface area contributed by atoms with Crippen LogP contribution in [0.5, 0.6) is 0 Å². The summed E-state index contributed by atoms with van der Waals surface area (Å²) in [6, 6.07) is 8.04. The molecule has 1 saturated heterocycles. The summed E-state index contributed by atoms with van der Waals surface area (Å²) in [4.78, 5) is 0. The smallest absolute Gasteiger partial charge is 0.357 e. The van der Waals surface area contributed by atoms with Gasteiger partial charge in [0.25, 0.3) is 0 Å². The number of benzene rings is 1. The number of rotatable bonds is 4. The zero-order valence-electron chi connectivity index (χ0n) is 11.9. The van der Waals surface area contributed by atoms with Crippen molar-refractivity contribution in [1.29, 1.82) is 0 Å². The molecule has 1 aliphatic heterocycles. The quantitative estimate of drug-likeness (QED) is 0.751. The molecule has 2 rings (SSSR count). The van der Waals surface area contributed by atoms with Crippen molar-refractivity contribution in [3.8, 4) is 0 Å². The first-order valence-electron chi connectivity index (χ1n) is 7.22. The van der Waals surface area contributed by atoms with E-state index in [1.165, 1.54) is 12.1 Å². The minimum Gasteiger partial charge on any atom is -0.357 e. The molecule has 20 heavy (non-hydrogen) atoms. The van der Waals surface area contributed by atoms with Gasteiger partial charge in [0.2, 0.25) is 0 Å². The van der Waals surface area contributed by atoms with Gasteiger partial charge in [0.1, 0.15) is 0 Å². The highest BCUT2D eigenvalue weighted by Crippen LogP contribution is 2.54. The van der Waals surface area contributed by atoms with E-state index in [9.17, 15) is 13.2 Å². The summed E-state index contributed by atoms with van der Waals surface area (Å²) in [7, 11) is 0. The lowest BCUT2D eigenvalue weighted by molar-refractivity contribution is -0.289. The Labute approximate surface area is 118 Å². The van der Waals surface area contributed by atoms with E-state index in [1.54, 1.807) is 25.1 Å². The molecule has 1 aromatic rings. The van der Waals surface area contributed by atoms with E-state index in [0.717, 1.165) is 12.8 Å². The lowest BCUT2D eigenvalue weighted by atomic mass is 9.81. The Balaban J connectivity index is 2.35. The Hall–Kier alpha value is -1.03. The van der Waals surface area contributed by atoms with Gasteiger partial charge in [-0.3, -0.25) is 0 Å². The minimum absolute atomic E-state index is 0.221. The van der Waals surface area contributed by atoms with E-state index in [4.69, 9.17) is 4.74 Å². The van der Waals surface area contributed by atoms with Crippen molar-refractivity contribution in [3.63, 3.8) is 0 Å². The van der Waals surface area contributed by atoms with Gasteiger partial charge >= 0.3 is 6.18 Å². The highest BCUT2D eigenvalue weighted by Gasteiger charge is 2.64. The average Bonchev–Trinajstić information content (AvgIpc) is 2.75. The molecular weight excluding hydrogens is 265 g/mol. The summed E-state index contributed by atoms with van der Waals surface area (Å²) in [5.41, 5.74) is -1.92. The number of alkyl halides is 3. The zero-order valence-corrected chi connectivity index (χ0v) is 11.9. The van der Waals surface area contributed by atoms with Crippen LogP contribution >= 0.6 is 0 Å². The normalized spacial score (nSPS) is 30.6. The molecule has 112 valence electrons. The molecular formula is C16H21F3O. The number of unbranched alkanes of at least 4 members (excludes halogenated alkanes) is 1. The van der Waals surface area contributed by atoms with E-state index >= 15 is 0 Å². The summed E-state index contributed by atoms with van der Waals surface area (Å²) >= 11 is 0. The van der Waals surface area contributed by atoms with E-state index in [1.807, 2.05) is 6.92 Å². The maximum atomic E-state index is 13.7. The molecule has 0 N–H and O–H groups in total. The molecule has 0 bridgehead atoms. The minimum atomic E-state index is -4.39. The average molecular weight is 286 g/mol. The topological polar surface area (TPSA) is 9.23 Å². The molecule has 1 aliphatic rings. The van der Waals surface area contributed by atoms with Crippen LogP contribution in [0.1, 0.15) is 45.1 Å². The molecule has 0 radical (unpaired) electrons. The fourth-order valence-corrected chi connectivity index (χ4v) is 3.14. The zero-order chi connectivity index (χ0) is 14.8. The maximum absolute atomic E-state index is 13.7. The van der Waals surface area contributed by atoms with Crippen molar-refractivity contribution in [2.45, 2.75) is 57.4 Å². The van der Waals surface area contributed by atoms with Crippen LogP contribution < -0.4 is 0 Å². The number of ether oxygens (including phenoxy) is 1. The second kappa shape index (κ2) is 5.76. The van der Waals surface area contributed by atoms with E-state index in [2.05, 4.69) is 0 Å². The second-order valence-electron chi connectivity index (χ2n) is 5.62. The van der Waals surface area contributed by atoms with Crippen LogP contribution in [0, 0.1) is 5.92 Å². The van der Waals surface area contributed by atoms with Gasteiger partial charge in [-0.15, -0.1) is 0 Å². The summed E-state index contributed by atoms with van der Waals surface area (Å²) in [5, 5.41) is 0. The SMILES string of the molecule is CCCCC1CC(C)C(c2ccccc2)(C(F)(F)F)O1. The Bertz CT molecular complexity index is 429. The lowest BCUT2D eigenvalue weighted by Gasteiger charge is -2.35. The first kappa shape index (κ1) is 15.4. The Morgan fingerprint density at radius 2 is 1.90 bits per heavy atom. The largest absolute Gasteiger partial charge is 0.421 e. The summed E-state index contributed by atoms with van der Waals surface area (Å²) in [6.45, 7) is 3.68. The molecule has 0 aliphatic carbocycles. The molecule has 1 aromatic carbocycles. The maximum Gasteiger partial charge on any atom is 0.421 e. The van der Waals surface area contributed by atoms with Gasteiger partial charge in [0.15, 0.2) is 5.60 Å². The van der Waals surface area contributed by atoms with Crippen molar-refractivity contribution in [1.82, 2.24) is 0 Å². The number of hydrogen-bond acceptors (Lipinski definition) is 1. The first-order chi connectivity index (χ1) is 9.41. The third kappa shape index (κ3) is 2.58. The molecule has 3 unspecified atom stereocenters. The van der Waals surface area contributed by atoms with Crippen LogP contribution in [0.3, 0.4) is 0 Å². The predicted octanol–water partition coefficient (Wildman–Crippen LogP) is 5.06. The highest BCUT2D eigenvalue weighted by molar-refractivity contribution is 5.27. The lowest BCUT2D eigenvalue weighted by Crippen LogP contribution is -2.46. The van der Waals surface area contributed by atoms with Gasteiger partial charge in [-0.25, -0.2) is 0 Å². The third-order valence-electron chi connectivity index (χ3n) is 4.17. The van der Waals surface area contributed by atoms with Gasteiger partial charge in [-0.05, 0) is 18.4 Å². The van der Waals surface area contributed by atoms with Crippen molar-refractivity contribution in [2.75, 3.05) is 0 Å². The number of hydrogen-bond donors (Lipinski definition) is 0. The van der Waals surface area contributed by atoms with Crippen LogP contribution in [-0.2, 0) is 10.3 Å². The predicted molar refractivity (Wildman–Crippen MR) is 72.4 cm³/mol. The van der Waals surface area contributed by atoms with Crippen molar-refractivity contribution in [3.05, 3.63) is 35.9 Å². The molecule has 0 spiro atoms. The van der Waals surface area contributed by atoms with Gasteiger partial charge < -0.3 is 4.74 Å². The first-order valence-corrected chi connectivity index (χ1v) is 7.22. The fraction of sp³-hybridized carbons (Fsp3) is 0.625. The Morgan fingerprint density at radius 1 is 1.25 bits per heavy atom. The molecule has 0 aromatic heterocycles. The van der Waals surface area contributed by atoms with Crippen molar-refractivity contribution in [2.24, 2.45) is 5.92 Å². The molecule has 1 fully saturated rings. The van der Waals surface area contributed by atoms with Crippen LogP contribution in [-0.4, -0.2) is 12.3 Å². The fourth-order valence-electron chi connectivity index (χ4n) is 3.14. The molecule has 0 saturated carbocycles. The standard InChI is InChI=1S/C16H21F3O/c1-3-4-10-14-11-12(2)15(20-14,16(17,18)19)13-8-6-5-7-9-13/h5-9,12,14H,3-4,10-11H2,1-2H3. The van der Waals surface area contributed by atoms with E-state index in [0.29, 0.717) is 12.8 Å². The van der Waals surface area contributed by atoms with Gasteiger partial charge in [-0.1, -0.05) is 57.0 Å². The van der Waals surface area contributed by atoms with E-state index in [-0.39, 0.29) is 11.7 Å². The van der Waals surface area contributed by atoms with Crippen molar-refractivity contribution < 1.29 is 17.9 Å². The van der Waals surface area contributed by atoms with Crippen molar-refractivity contribution >= 4 is 0 Å². The molecule has 1 nitrogen and oxygen atoms in total. The monoisotopic (exact) mass is 286 g/mol. The van der Waals surface area contributed by atoms with Gasteiger partial charge in [0, 0.05) is 5.92 Å². The molecule has 3 atom stereocenters. The Morgan fingerprint density at radius 3 is 2.45 bits per heavy atom. The van der Waals surface area contributed by atoms with Gasteiger partial charge in [0.05, 0.1) is 6.10 Å². The van der Waals surface area contributed by atoms with E-state index < -0.39 is 17.7 Å². The van der Waals surface area contributed by atoms with Gasteiger partial charge in [-0.2, -0.15) is 13.2 Å². The van der Waals surface area contributed by atoms with Crippen LogP contribution in [0.25, 0.3) is 0 Å². The molecule has 1 heterocycles. The van der Waals surface area contributed by atoms with Crippen LogP contribution in [0.2, 0.25) is 0 Å². The Kier molecular flexibility index (Phi) is 4.43. The molecule has 4 heteroatoms.